The van der Waals surface area contributed by atoms with E-state index in [1.807, 2.05) is 0 Å². The van der Waals surface area contributed by atoms with Crippen LogP contribution in [0.25, 0.3) is 0 Å². The molecular formula is C16H17FN2O3S2. The zero-order valence-corrected chi connectivity index (χ0v) is 14.7. The van der Waals surface area contributed by atoms with Gasteiger partial charge in [-0.3, -0.25) is 4.79 Å². The van der Waals surface area contributed by atoms with E-state index >= 15 is 0 Å². The molecule has 0 unspecified atom stereocenters. The van der Waals surface area contributed by atoms with E-state index in [1.54, 1.807) is 24.0 Å². The lowest BCUT2D eigenvalue weighted by atomic mass is 10.1. The van der Waals surface area contributed by atoms with Crippen LogP contribution in [0.15, 0.2) is 23.2 Å². The molecule has 3 fully saturated rings. The van der Waals surface area contributed by atoms with E-state index in [0.29, 0.717) is 16.4 Å². The summed E-state index contributed by atoms with van der Waals surface area (Å²) in [5, 5.41) is 0.338. The monoisotopic (exact) mass is 368 g/mol. The lowest BCUT2D eigenvalue weighted by molar-refractivity contribution is -0.118. The number of amidine groups is 1. The summed E-state index contributed by atoms with van der Waals surface area (Å²) in [4.78, 5) is 18.1. The Morgan fingerprint density at radius 2 is 2.08 bits per heavy atom. The van der Waals surface area contributed by atoms with E-state index < -0.39 is 9.84 Å². The molecule has 1 aromatic rings. The van der Waals surface area contributed by atoms with Crippen molar-refractivity contribution in [3.8, 4) is 0 Å². The van der Waals surface area contributed by atoms with Crippen molar-refractivity contribution in [2.75, 3.05) is 16.4 Å². The Bertz CT molecular complexity index is 849. The van der Waals surface area contributed by atoms with Crippen molar-refractivity contribution >= 4 is 38.4 Å². The molecule has 0 spiro atoms. The lowest BCUT2D eigenvalue weighted by Gasteiger charge is -2.24. The van der Waals surface area contributed by atoms with Gasteiger partial charge >= 0.3 is 0 Å². The Labute approximate surface area is 144 Å². The number of aliphatic imine (C=N–C) groups is 1. The zero-order valence-electron chi connectivity index (χ0n) is 13.1. The predicted octanol–water partition coefficient (Wildman–Crippen LogP) is 2.15. The number of carbonyl (C=O) groups excluding carboxylic acids is 1. The summed E-state index contributed by atoms with van der Waals surface area (Å²) in [6, 6.07) is 4.50. The van der Waals surface area contributed by atoms with Gasteiger partial charge in [-0.1, -0.05) is 17.8 Å². The number of nitrogens with zero attached hydrogens (tertiary/aromatic N) is 2. The minimum absolute atomic E-state index is 0.00104. The van der Waals surface area contributed by atoms with E-state index in [9.17, 15) is 17.6 Å². The average Bonchev–Trinajstić information content (AvgIpc) is 3.23. The molecule has 0 N–H and O–H groups in total. The highest BCUT2D eigenvalue weighted by Crippen LogP contribution is 2.42. The van der Waals surface area contributed by atoms with Gasteiger partial charge in [0.05, 0.1) is 17.5 Å². The van der Waals surface area contributed by atoms with Gasteiger partial charge in [-0.15, -0.1) is 0 Å². The maximum absolute atomic E-state index is 14.0. The molecule has 2 saturated heterocycles. The van der Waals surface area contributed by atoms with Crippen molar-refractivity contribution in [3.63, 3.8) is 0 Å². The van der Waals surface area contributed by atoms with Gasteiger partial charge in [-0.25, -0.2) is 12.8 Å². The van der Waals surface area contributed by atoms with Gasteiger partial charge in [0.15, 0.2) is 15.0 Å². The number of rotatable bonds is 2. The number of thioether (sulfide) groups is 1. The summed E-state index contributed by atoms with van der Waals surface area (Å²) in [5.74, 6) is -0.424. The number of amides is 1. The van der Waals surface area contributed by atoms with Gasteiger partial charge in [0, 0.05) is 16.9 Å². The van der Waals surface area contributed by atoms with Gasteiger partial charge in [0.1, 0.15) is 5.82 Å². The fourth-order valence-corrected chi connectivity index (χ4v) is 7.03. The highest BCUT2D eigenvalue weighted by atomic mass is 32.2. The molecule has 3 aliphatic rings. The van der Waals surface area contributed by atoms with Crippen molar-refractivity contribution < 1.29 is 17.6 Å². The molecule has 1 saturated carbocycles. The smallest absolute Gasteiger partial charge is 0.251 e. The largest absolute Gasteiger partial charge is 0.315 e. The first-order valence-corrected chi connectivity index (χ1v) is 10.6. The Kier molecular flexibility index (Phi) is 3.72. The van der Waals surface area contributed by atoms with Crippen LogP contribution in [-0.2, 0) is 14.6 Å². The molecule has 0 radical (unpaired) electrons. The van der Waals surface area contributed by atoms with Crippen molar-refractivity contribution in [2.45, 2.75) is 31.1 Å². The number of fused-ring (bicyclic) bond motifs is 1. The second-order valence-corrected chi connectivity index (χ2v) is 9.97. The quantitative estimate of drug-likeness (QED) is 0.800. The number of hydrogen-bond acceptors (Lipinski definition) is 4. The van der Waals surface area contributed by atoms with Crippen molar-refractivity contribution in [2.24, 2.45) is 10.9 Å². The summed E-state index contributed by atoms with van der Waals surface area (Å²) >= 11 is 1.32. The Balaban J connectivity index is 1.74. The van der Waals surface area contributed by atoms with Crippen LogP contribution < -0.4 is 4.90 Å². The maximum Gasteiger partial charge on any atom is 0.251 e. The Hall–Kier alpha value is -1.41. The van der Waals surface area contributed by atoms with Gasteiger partial charge < -0.3 is 4.90 Å². The molecule has 0 aromatic heterocycles. The summed E-state index contributed by atoms with van der Waals surface area (Å²) < 4.78 is 37.9. The van der Waals surface area contributed by atoms with E-state index in [0.717, 1.165) is 12.8 Å². The maximum atomic E-state index is 14.0. The number of sulfone groups is 1. The topological polar surface area (TPSA) is 66.8 Å². The first-order chi connectivity index (χ1) is 11.3. The molecule has 0 bridgehead atoms. The second-order valence-electron chi connectivity index (χ2n) is 6.61. The molecule has 24 heavy (non-hydrogen) atoms. The summed E-state index contributed by atoms with van der Waals surface area (Å²) in [7, 11) is -3.12. The average molecular weight is 368 g/mol. The number of anilines is 1. The number of carbonyl (C=O) groups is 1. The molecule has 2 atom stereocenters. The van der Waals surface area contributed by atoms with Gasteiger partial charge in [-0.05, 0) is 37.5 Å². The lowest BCUT2D eigenvalue weighted by Crippen LogP contribution is -2.37. The summed E-state index contributed by atoms with van der Waals surface area (Å²) in [6.45, 7) is 1.67. The van der Waals surface area contributed by atoms with E-state index in [2.05, 4.69) is 4.99 Å². The molecule has 5 nitrogen and oxygen atoms in total. The predicted molar refractivity (Wildman–Crippen MR) is 92.6 cm³/mol. The summed E-state index contributed by atoms with van der Waals surface area (Å²) in [5.41, 5.74) is 1.08. The van der Waals surface area contributed by atoms with Crippen LogP contribution in [0.3, 0.4) is 0 Å². The molecule has 2 aliphatic heterocycles. The molecule has 1 aliphatic carbocycles. The van der Waals surface area contributed by atoms with E-state index in [4.69, 9.17) is 0 Å². The van der Waals surface area contributed by atoms with Crippen LogP contribution in [0.4, 0.5) is 10.1 Å². The van der Waals surface area contributed by atoms with E-state index in [1.165, 1.54) is 17.8 Å². The third-order valence-electron chi connectivity index (χ3n) is 4.63. The standard InChI is InChI=1S/C16H17FN2O3S2/c1-9-2-5-11(6-12(9)17)19-13-7-24(21,22)8-14(13)23-16(19)18-15(20)10-3-4-10/h2,5-6,10,13-14H,3-4,7-8H2,1H3/t13-,14+/m1/s1. The number of halogens is 1. The number of benzene rings is 1. The SMILES string of the molecule is Cc1ccc(N2C(=NC(=O)C3CC3)S[C@H]3CS(=O)(=O)C[C@H]32)cc1F. The van der Waals surface area contributed by atoms with Crippen LogP contribution >= 0.6 is 11.8 Å². The first kappa shape index (κ1) is 16.1. The number of hydrogen-bond donors (Lipinski definition) is 0. The molecule has 128 valence electrons. The van der Waals surface area contributed by atoms with Crippen LogP contribution in [-0.4, -0.2) is 42.3 Å². The Morgan fingerprint density at radius 3 is 2.75 bits per heavy atom. The van der Waals surface area contributed by atoms with Crippen molar-refractivity contribution in [1.82, 2.24) is 0 Å². The highest BCUT2D eigenvalue weighted by Gasteiger charge is 2.49. The Morgan fingerprint density at radius 1 is 1.33 bits per heavy atom. The fraction of sp³-hybridized carbons (Fsp3) is 0.500. The normalized spacial score (nSPS) is 29.9. The van der Waals surface area contributed by atoms with Gasteiger partial charge in [-0.2, -0.15) is 4.99 Å². The summed E-state index contributed by atoms with van der Waals surface area (Å²) in [6.07, 6.45) is 1.72. The third-order valence-corrected chi connectivity index (χ3v) is 7.84. The van der Waals surface area contributed by atoms with Crippen LogP contribution in [0.1, 0.15) is 18.4 Å². The number of aryl methyl sites for hydroxylation is 1. The minimum Gasteiger partial charge on any atom is -0.315 e. The second kappa shape index (κ2) is 5.56. The van der Waals surface area contributed by atoms with Crippen molar-refractivity contribution in [1.29, 1.82) is 0 Å². The molecule has 2 heterocycles. The molecule has 1 aromatic carbocycles. The van der Waals surface area contributed by atoms with Crippen LogP contribution in [0.2, 0.25) is 0 Å². The third kappa shape index (κ3) is 2.86. The molecule has 8 heteroatoms. The first-order valence-electron chi connectivity index (χ1n) is 7.89. The van der Waals surface area contributed by atoms with Crippen LogP contribution in [0.5, 0.6) is 0 Å². The van der Waals surface area contributed by atoms with Crippen molar-refractivity contribution in [3.05, 3.63) is 29.6 Å². The molecule has 4 rings (SSSR count). The molecular weight excluding hydrogens is 351 g/mol. The highest BCUT2D eigenvalue weighted by molar-refractivity contribution is 8.16. The zero-order chi connectivity index (χ0) is 17.1. The fourth-order valence-electron chi connectivity index (χ4n) is 3.11. The van der Waals surface area contributed by atoms with Gasteiger partial charge in [0.2, 0.25) is 0 Å². The van der Waals surface area contributed by atoms with Gasteiger partial charge in [0.25, 0.3) is 5.91 Å². The van der Waals surface area contributed by atoms with E-state index in [-0.39, 0.29) is 40.4 Å². The molecule has 1 amide bonds. The minimum atomic E-state index is -3.12. The van der Waals surface area contributed by atoms with Crippen LogP contribution in [0, 0.1) is 18.7 Å².